The normalized spacial score (nSPS) is 14.6. The van der Waals surface area contributed by atoms with Gasteiger partial charge in [0.1, 0.15) is 5.82 Å². The first kappa shape index (κ1) is 14.3. The summed E-state index contributed by atoms with van der Waals surface area (Å²) in [7, 11) is 0. The Labute approximate surface area is 126 Å². The van der Waals surface area contributed by atoms with Crippen molar-refractivity contribution in [2.45, 2.75) is 52.7 Å². The summed E-state index contributed by atoms with van der Waals surface area (Å²) in [5, 5.41) is 12.2. The van der Waals surface area contributed by atoms with Crippen molar-refractivity contribution in [2.75, 3.05) is 6.54 Å². The smallest absolute Gasteiger partial charge is 0.153 e. The summed E-state index contributed by atoms with van der Waals surface area (Å²) in [6.07, 6.45) is 5.69. The third-order valence-electron chi connectivity index (χ3n) is 4.03. The van der Waals surface area contributed by atoms with Crippen molar-refractivity contribution in [1.29, 1.82) is 0 Å². The Hall–Kier alpha value is -1.62. The van der Waals surface area contributed by atoms with Crippen LogP contribution in [0.1, 0.15) is 44.0 Å². The van der Waals surface area contributed by atoms with Crippen LogP contribution in [0.5, 0.6) is 0 Å². The first-order chi connectivity index (χ1) is 10.2. The van der Waals surface area contributed by atoms with Gasteiger partial charge in [0.2, 0.25) is 0 Å². The van der Waals surface area contributed by atoms with E-state index in [0.717, 1.165) is 44.2 Å². The van der Waals surface area contributed by atoms with E-state index in [1.165, 1.54) is 18.5 Å². The van der Waals surface area contributed by atoms with Crippen LogP contribution in [0.3, 0.4) is 0 Å². The largest absolute Gasteiger partial charge is 0.343 e. The number of hydrogen-bond donors (Lipinski definition) is 1. The van der Waals surface area contributed by atoms with Crippen LogP contribution in [-0.2, 0) is 26.1 Å². The predicted molar refractivity (Wildman–Crippen MR) is 83.0 cm³/mol. The van der Waals surface area contributed by atoms with E-state index in [1.54, 1.807) is 0 Å². The lowest BCUT2D eigenvalue weighted by Crippen LogP contribution is -2.21. The standard InChI is InChI=1S/C16H25N5/c1-13(2)10-17-11-14-6-5-8-20(14)12-16-19-18-15-7-3-4-9-21(15)16/h5-6,8,13,17H,3-4,7,9-12H2,1-2H3. The molecule has 114 valence electrons. The number of rotatable bonds is 6. The fourth-order valence-electron chi connectivity index (χ4n) is 2.89. The minimum Gasteiger partial charge on any atom is -0.343 e. The molecule has 0 atom stereocenters. The van der Waals surface area contributed by atoms with Crippen molar-refractivity contribution in [3.63, 3.8) is 0 Å². The molecule has 0 fully saturated rings. The van der Waals surface area contributed by atoms with Gasteiger partial charge in [0, 0.05) is 31.4 Å². The Morgan fingerprint density at radius 2 is 2.19 bits per heavy atom. The summed E-state index contributed by atoms with van der Waals surface area (Å²) < 4.78 is 4.58. The lowest BCUT2D eigenvalue weighted by Gasteiger charge is -2.16. The zero-order valence-corrected chi connectivity index (χ0v) is 13.0. The van der Waals surface area contributed by atoms with Crippen LogP contribution < -0.4 is 5.32 Å². The number of aromatic nitrogens is 4. The van der Waals surface area contributed by atoms with E-state index in [9.17, 15) is 0 Å². The van der Waals surface area contributed by atoms with Gasteiger partial charge in [-0.05, 0) is 37.4 Å². The van der Waals surface area contributed by atoms with Gasteiger partial charge in [0.05, 0.1) is 6.54 Å². The van der Waals surface area contributed by atoms with Gasteiger partial charge in [-0.25, -0.2) is 0 Å². The SMILES string of the molecule is CC(C)CNCc1cccn1Cc1nnc2n1CCCC2. The Balaban J connectivity index is 1.68. The second-order valence-corrected chi connectivity index (χ2v) is 6.29. The van der Waals surface area contributed by atoms with Gasteiger partial charge < -0.3 is 14.5 Å². The Morgan fingerprint density at radius 1 is 1.29 bits per heavy atom. The topological polar surface area (TPSA) is 47.7 Å². The molecule has 2 aromatic heterocycles. The summed E-state index contributed by atoms with van der Waals surface area (Å²) in [4.78, 5) is 0. The van der Waals surface area contributed by atoms with Gasteiger partial charge in [-0.15, -0.1) is 10.2 Å². The van der Waals surface area contributed by atoms with Crippen molar-refractivity contribution in [1.82, 2.24) is 24.6 Å². The number of fused-ring (bicyclic) bond motifs is 1. The predicted octanol–water partition coefficient (Wildman–Crippen LogP) is 2.21. The highest BCUT2D eigenvalue weighted by Gasteiger charge is 2.16. The van der Waals surface area contributed by atoms with Crippen molar-refractivity contribution in [3.8, 4) is 0 Å². The van der Waals surface area contributed by atoms with E-state index in [1.807, 2.05) is 0 Å². The molecule has 5 heteroatoms. The van der Waals surface area contributed by atoms with Gasteiger partial charge in [-0.2, -0.15) is 0 Å². The van der Waals surface area contributed by atoms with Gasteiger partial charge >= 0.3 is 0 Å². The van der Waals surface area contributed by atoms with Crippen LogP contribution in [0, 0.1) is 5.92 Å². The molecule has 5 nitrogen and oxygen atoms in total. The van der Waals surface area contributed by atoms with Crippen LogP contribution in [-0.4, -0.2) is 25.9 Å². The lowest BCUT2D eigenvalue weighted by molar-refractivity contribution is 0.496. The fraction of sp³-hybridized carbons (Fsp3) is 0.625. The molecule has 1 aliphatic rings. The maximum absolute atomic E-state index is 4.39. The zero-order valence-electron chi connectivity index (χ0n) is 13.0. The second kappa shape index (κ2) is 6.43. The highest BCUT2D eigenvalue weighted by atomic mass is 15.3. The van der Waals surface area contributed by atoms with Gasteiger partial charge in [-0.1, -0.05) is 13.8 Å². The third-order valence-corrected chi connectivity index (χ3v) is 4.03. The molecule has 0 unspecified atom stereocenters. The minimum absolute atomic E-state index is 0.678. The molecular formula is C16H25N5. The van der Waals surface area contributed by atoms with E-state index in [0.29, 0.717) is 5.92 Å². The van der Waals surface area contributed by atoms with Gasteiger partial charge in [0.15, 0.2) is 5.82 Å². The first-order valence-electron chi connectivity index (χ1n) is 7.99. The first-order valence-corrected chi connectivity index (χ1v) is 7.99. The van der Waals surface area contributed by atoms with E-state index >= 15 is 0 Å². The van der Waals surface area contributed by atoms with E-state index < -0.39 is 0 Å². The summed E-state index contributed by atoms with van der Waals surface area (Å²) in [5.74, 6) is 2.92. The van der Waals surface area contributed by atoms with E-state index in [4.69, 9.17) is 0 Å². The number of aryl methyl sites for hydroxylation is 1. The number of nitrogens with zero attached hydrogens (tertiary/aromatic N) is 4. The summed E-state index contributed by atoms with van der Waals surface area (Å²) in [6, 6.07) is 4.29. The molecule has 0 saturated carbocycles. The quantitative estimate of drug-likeness (QED) is 0.886. The Morgan fingerprint density at radius 3 is 3.05 bits per heavy atom. The molecule has 0 aromatic carbocycles. The maximum Gasteiger partial charge on any atom is 0.153 e. The molecule has 0 radical (unpaired) electrons. The van der Waals surface area contributed by atoms with Crippen molar-refractivity contribution in [2.24, 2.45) is 5.92 Å². The highest BCUT2D eigenvalue weighted by molar-refractivity contribution is 5.10. The van der Waals surface area contributed by atoms with E-state index in [-0.39, 0.29) is 0 Å². The molecule has 21 heavy (non-hydrogen) atoms. The fourth-order valence-corrected chi connectivity index (χ4v) is 2.89. The Bertz CT molecular complexity index is 581. The van der Waals surface area contributed by atoms with Crippen molar-refractivity contribution >= 4 is 0 Å². The van der Waals surface area contributed by atoms with Crippen LogP contribution >= 0.6 is 0 Å². The molecule has 0 amide bonds. The van der Waals surface area contributed by atoms with Gasteiger partial charge in [0.25, 0.3) is 0 Å². The van der Waals surface area contributed by atoms with Crippen LogP contribution in [0.15, 0.2) is 18.3 Å². The van der Waals surface area contributed by atoms with Crippen molar-refractivity contribution < 1.29 is 0 Å². The number of nitrogens with one attached hydrogen (secondary N) is 1. The van der Waals surface area contributed by atoms with Crippen LogP contribution in [0.25, 0.3) is 0 Å². The average Bonchev–Trinajstić information content (AvgIpc) is 3.07. The lowest BCUT2D eigenvalue weighted by atomic mass is 10.2. The minimum atomic E-state index is 0.678. The van der Waals surface area contributed by atoms with Crippen LogP contribution in [0.2, 0.25) is 0 Å². The molecule has 3 rings (SSSR count). The second-order valence-electron chi connectivity index (χ2n) is 6.29. The zero-order chi connectivity index (χ0) is 14.7. The molecule has 0 bridgehead atoms. The third kappa shape index (κ3) is 3.35. The van der Waals surface area contributed by atoms with Gasteiger partial charge in [-0.3, -0.25) is 0 Å². The maximum atomic E-state index is 4.39. The number of hydrogen-bond acceptors (Lipinski definition) is 3. The molecule has 1 N–H and O–H groups in total. The molecule has 3 heterocycles. The Kier molecular flexibility index (Phi) is 4.39. The summed E-state index contributed by atoms with van der Waals surface area (Å²) in [6.45, 7) is 8.30. The molecule has 1 aliphatic heterocycles. The summed E-state index contributed by atoms with van der Waals surface area (Å²) in [5.41, 5.74) is 1.31. The van der Waals surface area contributed by atoms with Crippen molar-refractivity contribution in [3.05, 3.63) is 35.7 Å². The molecule has 0 spiro atoms. The molecule has 2 aromatic rings. The van der Waals surface area contributed by atoms with Crippen LogP contribution in [0.4, 0.5) is 0 Å². The highest BCUT2D eigenvalue weighted by Crippen LogP contribution is 2.15. The molecular weight excluding hydrogens is 262 g/mol. The average molecular weight is 287 g/mol. The molecule has 0 aliphatic carbocycles. The van der Waals surface area contributed by atoms with E-state index in [2.05, 4.69) is 56.8 Å². The molecule has 0 saturated heterocycles. The monoisotopic (exact) mass is 287 g/mol. The summed E-state index contributed by atoms with van der Waals surface area (Å²) >= 11 is 0.